The molecule has 1 aromatic rings. The Bertz CT molecular complexity index is 517. The smallest absolute Gasteiger partial charge is 0.425 e. The molecule has 8 heteroatoms. The van der Waals surface area contributed by atoms with Crippen LogP contribution in [0.5, 0.6) is 5.75 Å². The van der Waals surface area contributed by atoms with E-state index in [4.69, 9.17) is 9.84 Å². The molecule has 130 valence electrons. The van der Waals surface area contributed by atoms with Crippen molar-refractivity contribution < 1.29 is 36.9 Å². The van der Waals surface area contributed by atoms with E-state index in [9.17, 15) is 22.4 Å². The van der Waals surface area contributed by atoms with Crippen molar-refractivity contribution in [2.24, 2.45) is 0 Å². The van der Waals surface area contributed by atoms with Crippen LogP contribution < -0.4 is 0 Å². The Balaban J connectivity index is 2.67. The first-order valence-electron chi connectivity index (χ1n) is 7.09. The van der Waals surface area contributed by atoms with Gasteiger partial charge in [0.15, 0.2) is 6.10 Å². The first-order valence-corrected chi connectivity index (χ1v) is 7.09. The van der Waals surface area contributed by atoms with Crippen LogP contribution in [0.3, 0.4) is 0 Å². The van der Waals surface area contributed by atoms with Crippen LogP contribution >= 0.6 is 0 Å². The Morgan fingerprint density at radius 1 is 1.30 bits per heavy atom. The highest BCUT2D eigenvalue weighted by Gasteiger charge is 2.42. The van der Waals surface area contributed by atoms with Gasteiger partial charge in [-0.3, -0.25) is 0 Å². The Morgan fingerprint density at radius 2 is 2.00 bits per heavy atom. The second-order valence-corrected chi connectivity index (χ2v) is 4.79. The largest absolute Gasteiger partial charge is 0.508 e. The van der Waals surface area contributed by atoms with E-state index in [0.29, 0.717) is 25.7 Å². The summed E-state index contributed by atoms with van der Waals surface area (Å²) in [5.74, 6) is -3.01. The molecule has 0 aliphatic rings. The number of carbonyl (C=O) groups excluding carboxylic acids is 1. The van der Waals surface area contributed by atoms with E-state index in [1.54, 1.807) is 6.92 Å². The second kappa shape index (κ2) is 8.71. The molecule has 0 fully saturated rings. The molecule has 0 heterocycles. The van der Waals surface area contributed by atoms with Crippen molar-refractivity contribution in [2.45, 2.75) is 38.5 Å². The van der Waals surface area contributed by atoms with Gasteiger partial charge >= 0.3 is 12.1 Å². The number of halogens is 4. The molecule has 0 radical (unpaired) electrons. The summed E-state index contributed by atoms with van der Waals surface area (Å²) < 4.78 is 61.6. The van der Waals surface area contributed by atoms with Crippen molar-refractivity contribution in [3.05, 3.63) is 29.6 Å². The number of esters is 1. The van der Waals surface area contributed by atoms with E-state index in [-0.39, 0.29) is 6.42 Å². The molecule has 0 aliphatic carbocycles. The Morgan fingerprint density at radius 3 is 2.57 bits per heavy atom. The topological polar surface area (TPSA) is 55.8 Å². The van der Waals surface area contributed by atoms with E-state index in [2.05, 4.69) is 4.74 Å². The number of phenols is 1. The average Bonchev–Trinajstić information content (AvgIpc) is 2.44. The normalized spacial score (nSPS) is 12.9. The summed E-state index contributed by atoms with van der Waals surface area (Å²) in [4.78, 5) is 11.7. The lowest BCUT2D eigenvalue weighted by Crippen LogP contribution is -2.34. The van der Waals surface area contributed by atoms with E-state index >= 15 is 0 Å². The minimum absolute atomic E-state index is 0.148. The number of aromatic hydroxyl groups is 1. The summed E-state index contributed by atoms with van der Waals surface area (Å²) in [5, 5.41) is 9.03. The maximum absolute atomic E-state index is 13.5. The van der Waals surface area contributed by atoms with Gasteiger partial charge in [-0.05, 0) is 38.3 Å². The third-order valence-corrected chi connectivity index (χ3v) is 3.00. The summed E-state index contributed by atoms with van der Waals surface area (Å²) in [6, 6.07) is 2.49. The van der Waals surface area contributed by atoms with E-state index in [1.165, 1.54) is 0 Å². The number of unbranched alkanes of at least 4 members (excludes halogenated alkanes) is 1. The molecule has 0 aromatic heterocycles. The van der Waals surface area contributed by atoms with Gasteiger partial charge in [-0.1, -0.05) is 0 Å². The number of benzene rings is 1. The average molecular weight is 338 g/mol. The van der Waals surface area contributed by atoms with Crippen molar-refractivity contribution in [1.82, 2.24) is 0 Å². The van der Waals surface area contributed by atoms with Crippen LogP contribution in [0.1, 0.15) is 36.5 Å². The molecule has 0 saturated carbocycles. The summed E-state index contributed by atoms with van der Waals surface area (Å²) in [7, 11) is 0. The fraction of sp³-hybridized carbons (Fsp3) is 0.533. The highest BCUT2D eigenvalue weighted by Crippen LogP contribution is 2.28. The van der Waals surface area contributed by atoms with Crippen molar-refractivity contribution in [3.63, 3.8) is 0 Å². The third-order valence-electron chi connectivity index (χ3n) is 3.00. The highest BCUT2D eigenvalue weighted by atomic mass is 19.4. The molecule has 0 saturated heterocycles. The minimum Gasteiger partial charge on any atom is -0.508 e. The van der Waals surface area contributed by atoms with E-state index < -0.39 is 41.8 Å². The van der Waals surface area contributed by atoms with Crippen LogP contribution in [0.4, 0.5) is 17.6 Å². The van der Waals surface area contributed by atoms with Crippen LogP contribution in [0.15, 0.2) is 18.2 Å². The summed E-state index contributed by atoms with van der Waals surface area (Å²) in [5.41, 5.74) is -0.661. The van der Waals surface area contributed by atoms with Crippen molar-refractivity contribution in [3.8, 4) is 5.75 Å². The molecule has 1 N–H and O–H groups in total. The fourth-order valence-corrected chi connectivity index (χ4v) is 1.83. The number of ether oxygens (including phenoxy) is 2. The number of phenolic OH excluding ortho intramolecular Hbond substituents is 1. The van der Waals surface area contributed by atoms with E-state index in [1.807, 2.05) is 0 Å². The fourth-order valence-electron chi connectivity index (χ4n) is 1.83. The molecular formula is C15H18F4O4. The maximum Gasteiger partial charge on any atom is 0.425 e. The van der Waals surface area contributed by atoms with Gasteiger partial charge in [0.2, 0.25) is 0 Å². The molecule has 0 bridgehead atoms. The van der Waals surface area contributed by atoms with Crippen LogP contribution in [-0.4, -0.2) is 36.6 Å². The molecule has 1 unspecified atom stereocenters. The summed E-state index contributed by atoms with van der Waals surface area (Å²) in [6.07, 6.45) is -6.94. The molecule has 1 aromatic carbocycles. The number of carbonyl (C=O) groups is 1. The Labute approximate surface area is 131 Å². The number of hydrogen-bond acceptors (Lipinski definition) is 4. The number of rotatable bonds is 8. The first kappa shape index (κ1) is 19.2. The van der Waals surface area contributed by atoms with Gasteiger partial charge in [0.25, 0.3) is 0 Å². The number of hydrogen-bond donors (Lipinski definition) is 1. The lowest BCUT2D eigenvalue weighted by molar-refractivity contribution is -0.206. The predicted octanol–water partition coefficient (Wildman–Crippen LogP) is 3.83. The van der Waals surface area contributed by atoms with Gasteiger partial charge in [-0.25, -0.2) is 9.18 Å². The van der Waals surface area contributed by atoms with Crippen LogP contribution in [0.2, 0.25) is 0 Å². The summed E-state index contributed by atoms with van der Waals surface area (Å²) in [6.45, 7) is 2.56. The molecule has 0 amide bonds. The van der Waals surface area contributed by atoms with Gasteiger partial charge < -0.3 is 14.6 Å². The lowest BCUT2D eigenvalue weighted by Gasteiger charge is -2.20. The zero-order valence-corrected chi connectivity index (χ0v) is 12.5. The van der Waals surface area contributed by atoms with Crippen molar-refractivity contribution in [2.75, 3.05) is 13.2 Å². The quantitative estimate of drug-likeness (QED) is 0.445. The SMILES string of the molecule is CCOCCCCC(OC(=O)c1ccc(O)cc1F)C(F)(F)F. The molecule has 1 atom stereocenters. The molecular weight excluding hydrogens is 320 g/mol. The van der Waals surface area contributed by atoms with Gasteiger partial charge in [0.1, 0.15) is 11.6 Å². The molecule has 23 heavy (non-hydrogen) atoms. The standard InChI is InChI=1S/C15H18F4O4/c1-2-22-8-4-3-5-13(15(17,18)19)23-14(21)11-7-6-10(20)9-12(11)16/h6-7,9,13,20H,2-5,8H2,1H3. The van der Waals surface area contributed by atoms with Gasteiger partial charge in [-0.15, -0.1) is 0 Å². The van der Waals surface area contributed by atoms with Crippen LogP contribution in [-0.2, 0) is 9.47 Å². The van der Waals surface area contributed by atoms with Crippen molar-refractivity contribution in [1.29, 1.82) is 0 Å². The zero-order valence-electron chi connectivity index (χ0n) is 12.5. The minimum atomic E-state index is -4.74. The highest BCUT2D eigenvalue weighted by molar-refractivity contribution is 5.90. The van der Waals surface area contributed by atoms with Gasteiger partial charge in [0, 0.05) is 19.3 Å². The maximum atomic E-state index is 13.5. The number of alkyl halides is 3. The molecule has 0 aliphatic heterocycles. The Kier molecular flexibility index (Phi) is 7.28. The van der Waals surface area contributed by atoms with Gasteiger partial charge in [-0.2, -0.15) is 13.2 Å². The molecule has 4 nitrogen and oxygen atoms in total. The third kappa shape index (κ3) is 6.43. The molecule has 1 rings (SSSR count). The van der Waals surface area contributed by atoms with E-state index in [0.717, 1.165) is 12.1 Å². The zero-order chi connectivity index (χ0) is 17.5. The Hall–Kier alpha value is -1.83. The molecule has 0 spiro atoms. The summed E-state index contributed by atoms with van der Waals surface area (Å²) >= 11 is 0. The monoisotopic (exact) mass is 338 g/mol. The predicted molar refractivity (Wildman–Crippen MR) is 73.7 cm³/mol. The lowest BCUT2D eigenvalue weighted by atomic mass is 10.1. The first-order chi connectivity index (χ1) is 10.8. The van der Waals surface area contributed by atoms with Crippen LogP contribution in [0, 0.1) is 5.82 Å². The van der Waals surface area contributed by atoms with Crippen molar-refractivity contribution >= 4 is 5.97 Å². The van der Waals surface area contributed by atoms with Crippen LogP contribution in [0.25, 0.3) is 0 Å². The van der Waals surface area contributed by atoms with Gasteiger partial charge in [0.05, 0.1) is 5.56 Å². The second-order valence-electron chi connectivity index (χ2n) is 4.79.